The molecule has 8 heteroatoms. The lowest BCUT2D eigenvalue weighted by atomic mass is 9.97. The Morgan fingerprint density at radius 3 is 1.53 bits per heavy atom. The highest BCUT2D eigenvalue weighted by molar-refractivity contribution is 5.90. The fourth-order valence-electron chi connectivity index (χ4n) is 7.78. The van der Waals surface area contributed by atoms with Gasteiger partial charge in [0, 0.05) is 38.8 Å². The van der Waals surface area contributed by atoms with E-state index in [1.807, 2.05) is 6.07 Å². The highest BCUT2D eigenvalue weighted by Crippen LogP contribution is 2.41. The smallest absolute Gasteiger partial charge is 0.335 e. The first-order valence-electron chi connectivity index (χ1n) is 20.0. The van der Waals surface area contributed by atoms with E-state index in [2.05, 4.69) is 61.1 Å². The van der Waals surface area contributed by atoms with Crippen LogP contribution in [-0.2, 0) is 19.3 Å². The van der Waals surface area contributed by atoms with Crippen molar-refractivity contribution in [3.05, 3.63) is 93.6 Å². The molecule has 5 N–H and O–H groups in total. The second kappa shape index (κ2) is 18.0. The Morgan fingerprint density at radius 2 is 1.02 bits per heavy atom. The van der Waals surface area contributed by atoms with Gasteiger partial charge in [0.25, 0.3) is 0 Å². The summed E-state index contributed by atoms with van der Waals surface area (Å²) in [6.07, 6.45) is 17.6. The average molecular weight is 717 g/mol. The van der Waals surface area contributed by atoms with E-state index in [4.69, 9.17) is 9.97 Å². The number of aliphatic hydroxyl groups is 2. The zero-order valence-electron chi connectivity index (χ0n) is 31.7. The monoisotopic (exact) mass is 716 g/mol. The minimum Gasteiger partial charge on any atom is -0.478 e. The third kappa shape index (κ3) is 8.66. The van der Waals surface area contributed by atoms with Crippen LogP contribution in [0.25, 0.3) is 45.3 Å². The molecule has 0 spiro atoms. The summed E-state index contributed by atoms with van der Waals surface area (Å²) in [4.78, 5) is 29.6. The Bertz CT molecular complexity index is 2070. The molecule has 280 valence electrons. The van der Waals surface area contributed by atoms with E-state index < -0.39 is 18.2 Å². The van der Waals surface area contributed by atoms with Gasteiger partial charge in [-0.3, -0.25) is 4.98 Å². The maximum absolute atomic E-state index is 11.8. The molecule has 4 aromatic rings. The average Bonchev–Trinajstić information content (AvgIpc) is 3.99. The summed E-state index contributed by atoms with van der Waals surface area (Å²) in [6, 6.07) is 14.9. The van der Waals surface area contributed by atoms with E-state index in [-0.39, 0.29) is 5.56 Å². The van der Waals surface area contributed by atoms with Crippen molar-refractivity contribution in [1.29, 1.82) is 0 Å². The van der Waals surface area contributed by atoms with Gasteiger partial charge in [-0.05, 0) is 98.2 Å². The number of H-pyrrole nitrogens is 2. The molecule has 6 rings (SSSR count). The number of unbranched alkanes of at least 4 members (excludes halogenated alkanes) is 9. The van der Waals surface area contributed by atoms with Gasteiger partial charge in [0.05, 0.1) is 28.3 Å². The van der Waals surface area contributed by atoms with Gasteiger partial charge in [0.1, 0.15) is 12.2 Å². The van der Waals surface area contributed by atoms with Crippen molar-refractivity contribution in [3.8, 4) is 11.1 Å². The molecule has 0 aliphatic carbocycles. The molecule has 2 aliphatic heterocycles. The minimum absolute atomic E-state index is 0.170. The molecule has 0 radical (unpaired) electrons. The first-order valence-corrected chi connectivity index (χ1v) is 20.0. The number of nitrogens with zero attached hydrogens (tertiary/aromatic N) is 2. The van der Waals surface area contributed by atoms with Crippen molar-refractivity contribution >= 4 is 40.2 Å². The number of hydrogen-bond acceptors (Lipinski definition) is 5. The Hall–Kier alpha value is -4.53. The Labute approximate surface area is 313 Å². The molecule has 0 saturated heterocycles. The summed E-state index contributed by atoms with van der Waals surface area (Å²) in [6.45, 7) is 6.65. The van der Waals surface area contributed by atoms with E-state index in [9.17, 15) is 20.1 Å². The standard InChI is InChI=1S/C45H56N4O4/c1-4-7-10-13-16-31-34-23-24-35(46-34)32(17-14-11-8-5-2)37-27-28-39(48-37)40(29-19-21-30(22-20-29)45(52)53)42-44(51)43(50)41(49-42)33(18-15-12-9-6-3)38-26-25-36(31)47-38/h19-28,43-44,47-48,50-51H,4-18H2,1-3H3,(H,52,53)/t43-,44+/m0/s1. The SMILES string of the molecule is CCCCCCc1c2nc(c(CCCCCC)c3ccc([nH]3)c(-c3ccc(C(=O)O)cc3)c3nc(c(CCCCCC)c4ccc1[nH]4)[C@H](O)[C@@H]3O)C=C2. The number of aromatic nitrogens is 4. The number of carboxylic acid groups (broad SMARTS) is 1. The molecule has 0 amide bonds. The molecule has 2 atom stereocenters. The maximum Gasteiger partial charge on any atom is 0.335 e. The van der Waals surface area contributed by atoms with Crippen LogP contribution in [0.2, 0.25) is 0 Å². The minimum atomic E-state index is -1.28. The topological polar surface area (TPSA) is 135 Å². The Morgan fingerprint density at radius 1 is 0.566 bits per heavy atom. The van der Waals surface area contributed by atoms with Gasteiger partial charge in [-0.15, -0.1) is 0 Å². The van der Waals surface area contributed by atoms with Gasteiger partial charge in [-0.1, -0.05) is 90.7 Å². The zero-order chi connectivity index (χ0) is 37.3. The quantitative estimate of drug-likeness (QED) is 0.0608. The number of carbonyl (C=O) groups is 1. The molecule has 8 nitrogen and oxygen atoms in total. The van der Waals surface area contributed by atoms with Gasteiger partial charge in [0.15, 0.2) is 0 Å². The second-order valence-corrected chi connectivity index (χ2v) is 14.7. The van der Waals surface area contributed by atoms with Crippen LogP contribution in [0.1, 0.15) is 160 Å². The molecule has 0 saturated carbocycles. The molecule has 53 heavy (non-hydrogen) atoms. The largest absolute Gasteiger partial charge is 0.478 e. The van der Waals surface area contributed by atoms with E-state index in [1.165, 1.54) is 24.8 Å². The number of carboxylic acids is 1. The van der Waals surface area contributed by atoms with Crippen LogP contribution >= 0.6 is 0 Å². The van der Waals surface area contributed by atoms with Crippen molar-refractivity contribution in [1.82, 2.24) is 19.9 Å². The van der Waals surface area contributed by atoms with Crippen LogP contribution < -0.4 is 0 Å². The lowest BCUT2D eigenvalue weighted by Crippen LogP contribution is -2.06. The van der Waals surface area contributed by atoms with Crippen LogP contribution in [0.15, 0.2) is 48.5 Å². The number of rotatable bonds is 17. The first-order chi connectivity index (χ1) is 25.8. The van der Waals surface area contributed by atoms with Crippen LogP contribution in [-0.4, -0.2) is 41.2 Å². The number of aromatic amines is 2. The third-order valence-electron chi connectivity index (χ3n) is 10.8. The number of nitrogens with one attached hydrogen (secondary N) is 2. The number of aromatic carboxylic acids is 1. The van der Waals surface area contributed by atoms with E-state index in [0.29, 0.717) is 28.9 Å². The van der Waals surface area contributed by atoms with E-state index in [1.54, 1.807) is 24.3 Å². The van der Waals surface area contributed by atoms with Crippen LogP contribution in [0, 0.1) is 0 Å². The van der Waals surface area contributed by atoms with Crippen molar-refractivity contribution in [2.24, 2.45) is 0 Å². The summed E-state index contributed by atoms with van der Waals surface area (Å²) in [5.74, 6) is -1.01. The van der Waals surface area contributed by atoms with Gasteiger partial charge in [-0.25, -0.2) is 9.78 Å². The van der Waals surface area contributed by atoms with Crippen LogP contribution in [0.5, 0.6) is 0 Å². The number of fused-ring (bicyclic) bond motifs is 8. The normalized spacial score (nSPS) is 15.3. The fraction of sp³-hybridized carbons (Fsp3) is 0.444. The second-order valence-electron chi connectivity index (χ2n) is 14.7. The van der Waals surface area contributed by atoms with Gasteiger partial charge < -0.3 is 25.3 Å². The van der Waals surface area contributed by atoms with E-state index in [0.717, 1.165) is 115 Å². The molecule has 3 aromatic heterocycles. The van der Waals surface area contributed by atoms with Gasteiger partial charge in [0.2, 0.25) is 0 Å². The van der Waals surface area contributed by atoms with Crippen molar-refractivity contribution < 1.29 is 20.1 Å². The summed E-state index contributed by atoms with van der Waals surface area (Å²) in [7, 11) is 0. The highest BCUT2D eigenvalue weighted by Gasteiger charge is 2.34. The lowest BCUT2D eigenvalue weighted by Gasteiger charge is -2.13. The van der Waals surface area contributed by atoms with Crippen molar-refractivity contribution in [2.45, 2.75) is 129 Å². The number of aliphatic hydroxyl groups excluding tert-OH is 2. The maximum atomic E-state index is 11.8. The molecule has 1 aromatic carbocycles. The molecule has 0 unspecified atom stereocenters. The predicted molar refractivity (Wildman–Crippen MR) is 216 cm³/mol. The van der Waals surface area contributed by atoms with Crippen LogP contribution in [0.3, 0.4) is 0 Å². The predicted octanol–water partition coefficient (Wildman–Crippen LogP) is 11.0. The fourth-order valence-corrected chi connectivity index (χ4v) is 7.78. The number of benzene rings is 1. The van der Waals surface area contributed by atoms with Gasteiger partial charge >= 0.3 is 5.97 Å². The van der Waals surface area contributed by atoms with Gasteiger partial charge in [-0.2, -0.15) is 0 Å². The van der Waals surface area contributed by atoms with Crippen LogP contribution in [0.4, 0.5) is 0 Å². The molecular formula is C45H56N4O4. The lowest BCUT2D eigenvalue weighted by molar-refractivity contribution is 0.0252. The third-order valence-corrected chi connectivity index (χ3v) is 10.8. The summed E-state index contributed by atoms with van der Waals surface area (Å²) in [5.41, 5.74) is 11.1. The molecule has 5 heterocycles. The molecule has 0 fully saturated rings. The van der Waals surface area contributed by atoms with Crippen molar-refractivity contribution in [2.75, 3.05) is 0 Å². The first kappa shape index (κ1) is 38.2. The molecular weight excluding hydrogens is 661 g/mol. The highest BCUT2D eigenvalue weighted by atomic mass is 16.4. The summed E-state index contributed by atoms with van der Waals surface area (Å²) >= 11 is 0. The molecule has 2 aliphatic rings. The number of hydrogen-bond donors (Lipinski definition) is 5. The Balaban J connectivity index is 1.69. The summed E-state index contributed by atoms with van der Waals surface area (Å²) in [5, 5.41) is 33.3. The molecule has 8 bridgehead atoms. The zero-order valence-corrected chi connectivity index (χ0v) is 31.7. The Kier molecular flexibility index (Phi) is 13.0. The van der Waals surface area contributed by atoms with Crippen molar-refractivity contribution in [3.63, 3.8) is 0 Å². The summed E-state index contributed by atoms with van der Waals surface area (Å²) < 4.78 is 0. The number of aryl methyl sites for hydroxylation is 3. The van der Waals surface area contributed by atoms with E-state index >= 15 is 0 Å².